The summed E-state index contributed by atoms with van der Waals surface area (Å²) in [6.45, 7) is 0. The van der Waals surface area contributed by atoms with Crippen LogP contribution in [0, 0.1) is 0 Å². The van der Waals surface area contributed by atoms with Crippen LogP contribution in [0.15, 0.2) is 255 Å². The summed E-state index contributed by atoms with van der Waals surface area (Å²) >= 11 is 0. The lowest BCUT2D eigenvalue weighted by atomic mass is 9.85. The van der Waals surface area contributed by atoms with Crippen LogP contribution >= 0.6 is 0 Å². The number of hydrogen-bond acceptors (Lipinski definition) is 2. The molecule has 0 bridgehead atoms. The van der Waals surface area contributed by atoms with Gasteiger partial charge in [0.15, 0.2) is 5.67 Å². The minimum atomic E-state index is -1.98. The molecule has 1 unspecified atom stereocenters. The third kappa shape index (κ3) is 5.92. The number of para-hydroxylation sites is 3. The van der Waals surface area contributed by atoms with Crippen molar-refractivity contribution in [2.45, 2.75) is 5.67 Å². The first-order valence-electron chi connectivity index (χ1n) is 23.6. The minimum absolute atomic E-state index is 0.575. The molecule has 0 N–H and O–H groups in total. The second-order valence-electron chi connectivity index (χ2n) is 18.2. The highest BCUT2D eigenvalue weighted by Crippen LogP contribution is 2.59. The second-order valence-corrected chi connectivity index (χ2v) is 18.2. The molecule has 1 aliphatic carbocycles. The fourth-order valence-electron chi connectivity index (χ4n) is 11.3. The summed E-state index contributed by atoms with van der Waals surface area (Å²) in [5.74, 6) is 0. The zero-order valence-corrected chi connectivity index (χ0v) is 37.5. The predicted octanol–water partition coefficient (Wildman–Crippen LogP) is 17.8. The van der Waals surface area contributed by atoms with Crippen LogP contribution in [-0.4, -0.2) is 4.57 Å². The van der Waals surface area contributed by atoms with Crippen LogP contribution in [0.1, 0.15) is 16.7 Å². The van der Waals surface area contributed by atoms with Crippen molar-refractivity contribution in [1.29, 1.82) is 0 Å². The van der Waals surface area contributed by atoms with E-state index in [2.05, 4.69) is 227 Å². The zero-order valence-electron chi connectivity index (χ0n) is 37.5. The summed E-state index contributed by atoms with van der Waals surface area (Å²) < 4.78 is 22.0. The van der Waals surface area contributed by atoms with Gasteiger partial charge in [0, 0.05) is 55.6 Å². The highest BCUT2D eigenvalue weighted by Gasteiger charge is 2.47. The maximum absolute atomic E-state index is 19.7. The van der Waals surface area contributed by atoms with Gasteiger partial charge in [0.2, 0.25) is 0 Å². The van der Waals surface area contributed by atoms with Gasteiger partial charge in [-0.2, -0.15) is 0 Å². The second kappa shape index (κ2) is 15.3. The standard InChI is InChI=1S/C65H42FN3/c66-65(48-23-17-28-52(40-48)67(49-24-6-2-7-25-49)51-36-34-44(35-37-51)46-22-16-21-45(38-46)43-18-4-1-5-19-43)58-32-14-12-30-54(58)56-41-61-62(42-59(56)65)69-60-33-15-13-31-55(60)57-39-47-20-10-11-29-53(47)63(64(57)69)68(61)50-26-8-3-9-27-50/h1-42H. The lowest BCUT2D eigenvalue weighted by Gasteiger charge is -2.35. The number of hydrogen-bond donors (Lipinski definition) is 0. The predicted molar refractivity (Wildman–Crippen MR) is 285 cm³/mol. The van der Waals surface area contributed by atoms with Crippen molar-refractivity contribution < 1.29 is 4.39 Å². The number of halogens is 1. The quantitative estimate of drug-likeness (QED) is 0.158. The molecule has 0 amide bonds. The van der Waals surface area contributed by atoms with E-state index in [1.165, 1.54) is 21.9 Å². The number of fused-ring (bicyclic) bond motifs is 10. The summed E-state index contributed by atoms with van der Waals surface area (Å²) in [6, 6.07) is 89.1. The van der Waals surface area contributed by atoms with Crippen molar-refractivity contribution in [3.05, 3.63) is 271 Å². The largest absolute Gasteiger partial charge is 0.310 e. The number of aromatic nitrogens is 1. The SMILES string of the molecule is FC1(c2cccc(N(c3ccccc3)c3ccc(-c4cccc(-c5ccccc5)c4)cc3)c2)c2ccccc2-c2cc3c(cc21)-n1c2ccccc2c2cc4ccccc4c(c21)N3c1ccccc1. The summed E-state index contributed by atoms with van der Waals surface area (Å²) in [4.78, 5) is 4.64. The molecule has 12 aromatic rings. The summed E-state index contributed by atoms with van der Waals surface area (Å²) in [7, 11) is 0. The molecule has 4 heteroatoms. The maximum Gasteiger partial charge on any atom is 0.187 e. The van der Waals surface area contributed by atoms with Crippen LogP contribution in [0.25, 0.3) is 71.6 Å². The molecule has 14 rings (SSSR count). The Bertz CT molecular complexity index is 3970. The fraction of sp³-hybridized carbons (Fsp3) is 0.0154. The van der Waals surface area contributed by atoms with E-state index >= 15 is 4.39 Å². The van der Waals surface area contributed by atoms with E-state index in [1.54, 1.807) is 0 Å². The highest BCUT2D eigenvalue weighted by molar-refractivity contribution is 6.24. The van der Waals surface area contributed by atoms with Crippen LogP contribution in [0.4, 0.5) is 38.5 Å². The molecular weight excluding hydrogens is 842 g/mol. The van der Waals surface area contributed by atoms with Crippen molar-refractivity contribution >= 4 is 66.7 Å². The molecule has 0 radical (unpaired) electrons. The van der Waals surface area contributed by atoms with Gasteiger partial charge in [-0.3, -0.25) is 0 Å². The van der Waals surface area contributed by atoms with Gasteiger partial charge in [0.25, 0.3) is 0 Å². The molecule has 2 heterocycles. The van der Waals surface area contributed by atoms with Crippen LogP contribution in [0.5, 0.6) is 0 Å². The number of rotatable bonds is 7. The van der Waals surface area contributed by atoms with Crippen LogP contribution in [0.3, 0.4) is 0 Å². The van der Waals surface area contributed by atoms with Gasteiger partial charge in [-0.1, -0.05) is 176 Å². The number of benzene rings is 11. The van der Waals surface area contributed by atoms with Crippen molar-refractivity contribution in [1.82, 2.24) is 4.57 Å². The number of anilines is 6. The molecule has 0 saturated heterocycles. The van der Waals surface area contributed by atoms with Crippen LogP contribution in [0.2, 0.25) is 0 Å². The number of nitrogens with zero attached hydrogens (tertiary/aromatic N) is 3. The lowest BCUT2D eigenvalue weighted by molar-refractivity contribution is 0.288. The molecular formula is C65H42FN3. The molecule has 0 spiro atoms. The molecule has 1 aromatic heterocycles. The van der Waals surface area contributed by atoms with Gasteiger partial charge in [0.1, 0.15) is 0 Å². The van der Waals surface area contributed by atoms with Crippen molar-refractivity contribution in [2.24, 2.45) is 0 Å². The van der Waals surface area contributed by atoms with Crippen LogP contribution < -0.4 is 9.80 Å². The van der Waals surface area contributed by atoms with Gasteiger partial charge in [-0.25, -0.2) is 4.39 Å². The smallest absolute Gasteiger partial charge is 0.187 e. The zero-order chi connectivity index (χ0) is 45.6. The molecule has 324 valence electrons. The van der Waals surface area contributed by atoms with Gasteiger partial charge >= 0.3 is 0 Å². The first-order chi connectivity index (χ1) is 34.1. The minimum Gasteiger partial charge on any atom is -0.310 e. The Morgan fingerprint density at radius 1 is 0.377 bits per heavy atom. The van der Waals surface area contributed by atoms with Crippen molar-refractivity contribution in [2.75, 3.05) is 9.80 Å². The average molecular weight is 884 g/mol. The van der Waals surface area contributed by atoms with E-state index < -0.39 is 5.67 Å². The van der Waals surface area contributed by atoms with E-state index in [4.69, 9.17) is 0 Å². The van der Waals surface area contributed by atoms with Gasteiger partial charge < -0.3 is 14.4 Å². The Labute approximate surface area is 399 Å². The fourth-order valence-corrected chi connectivity index (χ4v) is 11.3. The van der Waals surface area contributed by atoms with E-state index in [1.807, 2.05) is 42.5 Å². The van der Waals surface area contributed by atoms with Crippen molar-refractivity contribution in [3.8, 4) is 39.1 Å². The molecule has 3 nitrogen and oxygen atoms in total. The Hall–Kier alpha value is -8.99. The van der Waals surface area contributed by atoms with Crippen LogP contribution in [-0.2, 0) is 5.67 Å². The molecule has 69 heavy (non-hydrogen) atoms. The summed E-state index contributed by atoms with van der Waals surface area (Å²) in [6.07, 6.45) is 0. The highest BCUT2D eigenvalue weighted by atomic mass is 19.1. The molecule has 11 aromatic carbocycles. The third-order valence-electron chi connectivity index (χ3n) is 14.4. The van der Waals surface area contributed by atoms with Crippen molar-refractivity contribution in [3.63, 3.8) is 0 Å². The Kier molecular flexibility index (Phi) is 8.68. The molecule has 0 fully saturated rings. The van der Waals surface area contributed by atoms with Gasteiger partial charge in [-0.15, -0.1) is 0 Å². The van der Waals surface area contributed by atoms with E-state index in [-0.39, 0.29) is 0 Å². The average Bonchev–Trinajstić information content (AvgIpc) is 3.88. The Morgan fingerprint density at radius 3 is 1.78 bits per heavy atom. The summed E-state index contributed by atoms with van der Waals surface area (Å²) in [5.41, 5.74) is 15.5. The third-order valence-corrected chi connectivity index (χ3v) is 14.4. The molecule has 1 aliphatic heterocycles. The topological polar surface area (TPSA) is 11.4 Å². The first-order valence-corrected chi connectivity index (χ1v) is 23.6. The lowest BCUT2D eigenvalue weighted by Crippen LogP contribution is -2.23. The van der Waals surface area contributed by atoms with E-state index in [0.29, 0.717) is 16.7 Å². The normalized spacial score (nSPS) is 14.5. The van der Waals surface area contributed by atoms with Gasteiger partial charge in [-0.05, 0) is 118 Å². The monoisotopic (exact) mass is 883 g/mol. The number of alkyl halides is 1. The van der Waals surface area contributed by atoms with Gasteiger partial charge in [0.05, 0.1) is 28.1 Å². The Balaban J connectivity index is 0.954. The molecule has 1 atom stereocenters. The van der Waals surface area contributed by atoms with E-state index in [9.17, 15) is 0 Å². The van der Waals surface area contributed by atoms with E-state index in [0.717, 1.165) is 83.9 Å². The Morgan fingerprint density at radius 2 is 0.986 bits per heavy atom. The molecule has 2 aliphatic rings. The molecule has 0 saturated carbocycles. The maximum atomic E-state index is 19.7. The summed E-state index contributed by atoms with van der Waals surface area (Å²) in [5, 5.41) is 4.67. The first kappa shape index (κ1) is 39.2.